The Kier molecular flexibility index (Phi) is 5.43. The molecule has 4 heteroatoms. The van der Waals surface area contributed by atoms with Crippen LogP contribution in [-0.4, -0.2) is 29.5 Å². The number of hydrogen-bond acceptors (Lipinski definition) is 3. The number of pyridine rings is 1. The topological polar surface area (TPSA) is 28.5 Å². The van der Waals surface area contributed by atoms with Crippen LogP contribution in [0.25, 0.3) is 0 Å². The van der Waals surface area contributed by atoms with Gasteiger partial charge < -0.3 is 0 Å². The molecule has 0 amide bonds. The van der Waals surface area contributed by atoms with E-state index in [0.29, 0.717) is 0 Å². The number of hydrogen-bond donors (Lipinski definition) is 0. The van der Waals surface area contributed by atoms with Crippen molar-refractivity contribution in [1.29, 1.82) is 0 Å². The number of rotatable bonds is 5. The molecule has 0 aliphatic carbocycles. The summed E-state index contributed by atoms with van der Waals surface area (Å²) in [5.41, 5.74) is 4.61. The van der Waals surface area contributed by atoms with Gasteiger partial charge in [-0.05, 0) is 0 Å². The first-order valence-electron chi connectivity index (χ1n) is 10.0. The maximum atomic E-state index is 5.22. The summed E-state index contributed by atoms with van der Waals surface area (Å²) in [7, 11) is 0. The van der Waals surface area contributed by atoms with Crippen LogP contribution in [0.1, 0.15) is 17.3 Å². The summed E-state index contributed by atoms with van der Waals surface area (Å²) in [4.78, 5) is 12.5. The molecule has 2 unspecified atom stereocenters. The van der Waals surface area contributed by atoms with Crippen LogP contribution in [0.4, 0.5) is 11.4 Å². The van der Waals surface area contributed by atoms with E-state index in [0.717, 1.165) is 10.3 Å². The molecule has 30 heavy (non-hydrogen) atoms. The summed E-state index contributed by atoms with van der Waals surface area (Å²) < 4.78 is 1.12. The van der Waals surface area contributed by atoms with Crippen LogP contribution >= 0.6 is 0 Å². The van der Waals surface area contributed by atoms with E-state index in [2.05, 4.69) is 107 Å². The van der Waals surface area contributed by atoms with Gasteiger partial charge in [-0.25, -0.2) is 0 Å². The van der Waals surface area contributed by atoms with Crippen molar-refractivity contribution in [3.8, 4) is 0 Å². The molecule has 0 N–H and O–H groups in total. The van der Waals surface area contributed by atoms with Gasteiger partial charge in [0, 0.05) is 0 Å². The van der Waals surface area contributed by atoms with E-state index in [1.54, 1.807) is 0 Å². The van der Waals surface area contributed by atoms with Gasteiger partial charge in [0.25, 0.3) is 0 Å². The zero-order valence-electron chi connectivity index (χ0n) is 16.4. The molecular formula is C26H21N3Se. The van der Waals surface area contributed by atoms with E-state index in [4.69, 9.17) is 4.99 Å². The third kappa shape index (κ3) is 3.80. The van der Waals surface area contributed by atoms with E-state index >= 15 is 0 Å². The minimum atomic E-state index is 0.0589. The Morgan fingerprint density at radius 3 is 1.77 bits per heavy atom. The zero-order valence-corrected chi connectivity index (χ0v) is 18.1. The quantitative estimate of drug-likeness (QED) is 0.375. The number of benzene rings is 3. The molecule has 3 aromatic carbocycles. The Bertz CT molecular complexity index is 1080. The van der Waals surface area contributed by atoms with Crippen LogP contribution in [0, 0.1) is 0 Å². The van der Waals surface area contributed by atoms with Crippen molar-refractivity contribution >= 4 is 30.9 Å². The van der Waals surface area contributed by atoms with Crippen molar-refractivity contribution < 1.29 is 0 Å². The molecule has 1 aromatic heterocycles. The molecule has 2 heterocycles. The Hall–Kier alpha value is -3.20. The van der Waals surface area contributed by atoms with Gasteiger partial charge in [0.1, 0.15) is 0 Å². The SMILES string of the molecule is c1ccc(C2N=C(c3ccccn3)[Se]C2N(c2ccccc2)c2ccccc2)cc1. The van der Waals surface area contributed by atoms with E-state index in [9.17, 15) is 0 Å². The molecule has 0 saturated carbocycles. The van der Waals surface area contributed by atoms with Crippen molar-refractivity contribution in [3.63, 3.8) is 0 Å². The molecule has 4 aromatic rings. The van der Waals surface area contributed by atoms with E-state index < -0.39 is 0 Å². The second-order valence-electron chi connectivity index (χ2n) is 7.05. The molecule has 0 bridgehead atoms. The van der Waals surface area contributed by atoms with Gasteiger partial charge >= 0.3 is 183 Å². The summed E-state index contributed by atoms with van der Waals surface area (Å²) >= 11 is 0.126. The van der Waals surface area contributed by atoms with Crippen molar-refractivity contribution in [3.05, 3.63) is 127 Å². The summed E-state index contributed by atoms with van der Waals surface area (Å²) in [5.74, 6) is 0. The van der Waals surface area contributed by atoms with Gasteiger partial charge in [-0.1, -0.05) is 0 Å². The number of aromatic nitrogens is 1. The number of nitrogens with zero attached hydrogens (tertiary/aromatic N) is 3. The van der Waals surface area contributed by atoms with Crippen LogP contribution in [0.3, 0.4) is 0 Å². The molecule has 146 valence electrons. The molecule has 5 rings (SSSR count). The fraction of sp³-hybridized carbons (Fsp3) is 0.0769. The monoisotopic (exact) mass is 455 g/mol. The van der Waals surface area contributed by atoms with Gasteiger partial charge in [0.15, 0.2) is 0 Å². The van der Waals surface area contributed by atoms with Crippen LogP contribution in [-0.2, 0) is 0 Å². The Morgan fingerprint density at radius 2 is 1.20 bits per heavy atom. The van der Waals surface area contributed by atoms with Gasteiger partial charge in [-0.2, -0.15) is 0 Å². The van der Waals surface area contributed by atoms with Gasteiger partial charge in [0.05, 0.1) is 0 Å². The third-order valence-electron chi connectivity index (χ3n) is 5.11. The summed E-state index contributed by atoms with van der Waals surface area (Å²) in [6, 6.07) is 38.0. The van der Waals surface area contributed by atoms with Crippen LogP contribution in [0.15, 0.2) is 120 Å². The predicted octanol–water partition coefficient (Wildman–Crippen LogP) is 5.45. The number of para-hydroxylation sites is 2. The Morgan fingerprint density at radius 1 is 0.633 bits per heavy atom. The molecule has 1 aliphatic rings. The first-order chi connectivity index (χ1) is 14.9. The second kappa shape index (κ2) is 8.66. The normalized spacial score (nSPS) is 18.1. The summed E-state index contributed by atoms with van der Waals surface area (Å²) in [5, 5.41) is 0. The molecule has 1 aliphatic heterocycles. The summed E-state index contributed by atoms with van der Waals surface area (Å²) in [6.07, 6.45) is 1.85. The van der Waals surface area contributed by atoms with Gasteiger partial charge in [-0.3, -0.25) is 0 Å². The molecular weight excluding hydrogens is 433 g/mol. The average molecular weight is 454 g/mol. The third-order valence-corrected chi connectivity index (χ3v) is 7.73. The van der Waals surface area contributed by atoms with Crippen molar-refractivity contribution in [1.82, 2.24) is 4.98 Å². The fourth-order valence-electron chi connectivity index (χ4n) is 3.72. The maximum absolute atomic E-state index is 5.22. The number of anilines is 2. The van der Waals surface area contributed by atoms with Gasteiger partial charge in [-0.15, -0.1) is 0 Å². The molecule has 3 nitrogen and oxygen atoms in total. The Balaban J connectivity index is 1.62. The van der Waals surface area contributed by atoms with Crippen molar-refractivity contribution in [2.75, 3.05) is 4.90 Å². The Labute approximate surface area is 183 Å². The molecule has 0 saturated heterocycles. The van der Waals surface area contributed by atoms with E-state index in [1.165, 1.54) is 16.9 Å². The van der Waals surface area contributed by atoms with Crippen molar-refractivity contribution in [2.24, 2.45) is 4.99 Å². The van der Waals surface area contributed by atoms with Crippen LogP contribution in [0.2, 0.25) is 0 Å². The molecule has 0 fully saturated rings. The first kappa shape index (κ1) is 18.8. The first-order valence-corrected chi connectivity index (χ1v) is 11.8. The standard InChI is InChI=1S/C26H21N3Se/c1-4-12-20(13-5-1)24-26(30-25(28-24)23-18-10-11-19-27-23)29(21-14-6-2-7-15-21)22-16-8-3-9-17-22/h1-19,24,26H. The minimum absolute atomic E-state index is 0.0589. The summed E-state index contributed by atoms with van der Waals surface area (Å²) in [6.45, 7) is 0. The number of aliphatic imine (C=N–C) groups is 1. The van der Waals surface area contributed by atoms with E-state index in [1.807, 2.05) is 18.3 Å². The van der Waals surface area contributed by atoms with Gasteiger partial charge in [0.2, 0.25) is 0 Å². The van der Waals surface area contributed by atoms with Crippen molar-refractivity contribution in [2.45, 2.75) is 11.0 Å². The van der Waals surface area contributed by atoms with Crippen LogP contribution in [0.5, 0.6) is 0 Å². The average Bonchev–Trinajstić information content (AvgIpc) is 3.27. The molecule has 2 atom stereocenters. The molecule has 0 radical (unpaired) electrons. The zero-order chi connectivity index (χ0) is 20.2. The fourth-order valence-corrected chi connectivity index (χ4v) is 6.53. The molecule has 0 spiro atoms. The van der Waals surface area contributed by atoms with E-state index in [-0.39, 0.29) is 25.9 Å². The van der Waals surface area contributed by atoms with Crippen LogP contribution < -0.4 is 4.90 Å². The second-order valence-corrected chi connectivity index (χ2v) is 9.37. The predicted molar refractivity (Wildman–Crippen MR) is 125 cm³/mol.